The van der Waals surface area contributed by atoms with E-state index < -0.39 is 5.82 Å². The van der Waals surface area contributed by atoms with Gasteiger partial charge in [0.25, 0.3) is 0 Å². The van der Waals surface area contributed by atoms with E-state index in [0.717, 1.165) is 65.9 Å². The van der Waals surface area contributed by atoms with Crippen LogP contribution in [0.4, 0.5) is 4.39 Å². The first-order valence-corrected chi connectivity index (χ1v) is 18.9. The minimum absolute atomic E-state index is 0.231. The molecule has 10 aromatic rings. The van der Waals surface area contributed by atoms with Gasteiger partial charge in [0.05, 0.1) is 56.7 Å². The zero-order valence-electron chi connectivity index (χ0n) is 31.3. The lowest BCUT2D eigenvalue weighted by molar-refractivity contribution is 0.630. The Hall–Kier alpha value is -7.73. The SMILES string of the molecule is Cc1cccc(-c2ccc3c(c2)c2ccccc2n3-c2cc(C#N)cc(-n3c4ccccc4c4cc(-c5cccc(C)c5)ccc43)c2-c2ccc(C#N)cc2F)c1. The number of nitrogens with zero attached hydrogens (tertiary/aromatic N) is 4. The fourth-order valence-electron chi connectivity index (χ4n) is 8.57. The van der Waals surface area contributed by atoms with Gasteiger partial charge in [-0.2, -0.15) is 10.5 Å². The van der Waals surface area contributed by atoms with Crippen molar-refractivity contribution in [3.63, 3.8) is 0 Å². The standard InChI is InChI=1S/C52H33FN4/c1-32-9-7-11-36(23-32)38-18-21-48-43(28-38)40-13-3-5-15-46(40)56(48)50-26-35(31-55)27-51(52(50)42-20-17-34(30-54)25-45(42)53)57-47-16-6-4-14-41(47)44-29-39(19-22-49(44)57)37-12-8-10-33(2)24-37/h3-29H,1-2H3. The Morgan fingerprint density at radius 1 is 0.421 bits per heavy atom. The van der Waals surface area contributed by atoms with E-state index in [1.165, 1.54) is 17.2 Å². The molecule has 0 unspecified atom stereocenters. The number of hydrogen-bond donors (Lipinski definition) is 0. The Morgan fingerprint density at radius 3 is 1.37 bits per heavy atom. The van der Waals surface area contributed by atoms with Crippen molar-refractivity contribution in [2.75, 3.05) is 0 Å². The maximum Gasteiger partial charge on any atom is 0.132 e. The summed E-state index contributed by atoms with van der Waals surface area (Å²) in [5.74, 6) is -0.522. The van der Waals surface area contributed by atoms with Crippen LogP contribution in [0.5, 0.6) is 0 Å². The highest BCUT2D eigenvalue weighted by atomic mass is 19.1. The second-order valence-electron chi connectivity index (χ2n) is 14.7. The third-order valence-electron chi connectivity index (χ3n) is 11.1. The molecule has 0 amide bonds. The Labute approximate surface area is 329 Å². The van der Waals surface area contributed by atoms with Crippen molar-refractivity contribution < 1.29 is 4.39 Å². The lowest BCUT2D eigenvalue weighted by atomic mass is 9.96. The Bertz CT molecular complexity index is 3180. The van der Waals surface area contributed by atoms with Crippen LogP contribution in [0.1, 0.15) is 22.3 Å². The van der Waals surface area contributed by atoms with Gasteiger partial charge in [-0.25, -0.2) is 4.39 Å². The van der Waals surface area contributed by atoms with Crippen LogP contribution in [-0.2, 0) is 0 Å². The smallest absolute Gasteiger partial charge is 0.132 e. The summed E-state index contributed by atoms with van der Waals surface area (Å²) >= 11 is 0. The summed E-state index contributed by atoms with van der Waals surface area (Å²) in [6.07, 6.45) is 0. The molecule has 8 aromatic carbocycles. The molecule has 2 aromatic heterocycles. The molecule has 57 heavy (non-hydrogen) atoms. The Kier molecular flexibility index (Phi) is 7.85. The average molecular weight is 733 g/mol. The van der Waals surface area contributed by atoms with Gasteiger partial charge in [0.15, 0.2) is 0 Å². The second kappa shape index (κ2) is 13.2. The number of benzene rings is 8. The van der Waals surface area contributed by atoms with E-state index in [2.05, 4.69) is 144 Å². The van der Waals surface area contributed by atoms with Crippen LogP contribution in [0.25, 0.3) is 88.4 Å². The van der Waals surface area contributed by atoms with Crippen LogP contribution >= 0.6 is 0 Å². The molecule has 0 spiro atoms. The van der Waals surface area contributed by atoms with Crippen molar-refractivity contribution in [1.29, 1.82) is 10.5 Å². The van der Waals surface area contributed by atoms with Crippen molar-refractivity contribution in [3.8, 4) is 56.9 Å². The fraction of sp³-hybridized carbons (Fsp3) is 0.0385. The predicted molar refractivity (Wildman–Crippen MR) is 230 cm³/mol. The van der Waals surface area contributed by atoms with Crippen molar-refractivity contribution in [2.45, 2.75) is 13.8 Å². The molecule has 0 aliphatic heterocycles. The van der Waals surface area contributed by atoms with Gasteiger partial charge in [-0.05, 0) is 103 Å². The lowest BCUT2D eigenvalue weighted by Gasteiger charge is -2.21. The highest BCUT2D eigenvalue weighted by molar-refractivity contribution is 6.13. The maximum absolute atomic E-state index is 16.7. The molecule has 0 atom stereocenters. The minimum atomic E-state index is -0.522. The zero-order chi connectivity index (χ0) is 38.8. The van der Waals surface area contributed by atoms with Crippen molar-refractivity contribution in [3.05, 3.63) is 192 Å². The molecular weight excluding hydrogens is 700 g/mol. The molecule has 0 saturated carbocycles. The van der Waals surface area contributed by atoms with Crippen molar-refractivity contribution in [2.24, 2.45) is 0 Å². The quantitative estimate of drug-likeness (QED) is 0.177. The van der Waals surface area contributed by atoms with Crippen molar-refractivity contribution >= 4 is 43.6 Å². The predicted octanol–water partition coefficient (Wildman–Crippen LogP) is 13.4. The number of para-hydroxylation sites is 2. The molecule has 10 rings (SSSR count). The van der Waals surface area contributed by atoms with Gasteiger partial charge in [-0.3, -0.25) is 0 Å². The Morgan fingerprint density at radius 2 is 0.895 bits per heavy atom. The summed E-state index contributed by atoms with van der Waals surface area (Å²) in [6.45, 7) is 4.19. The van der Waals surface area contributed by atoms with E-state index in [1.807, 2.05) is 36.4 Å². The van der Waals surface area contributed by atoms with Gasteiger partial charge >= 0.3 is 0 Å². The summed E-state index contributed by atoms with van der Waals surface area (Å²) < 4.78 is 21.0. The Balaban J connectivity index is 1.33. The number of rotatable bonds is 5. The number of nitriles is 2. The molecule has 268 valence electrons. The number of halogens is 1. The highest BCUT2D eigenvalue weighted by Crippen LogP contribution is 2.44. The number of aromatic nitrogens is 2. The first-order valence-electron chi connectivity index (χ1n) is 18.9. The monoisotopic (exact) mass is 732 g/mol. The molecule has 4 nitrogen and oxygen atoms in total. The van der Waals surface area contributed by atoms with Gasteiger partial charge in [0.2, 0.25) is 0 Å². The van der Waals surface area contributed by atoms with E-state index in [-0.39, 0.29) is 5.56 Å². The third-order valence-corrected chi connectivity index (χ3v) is 11.1. The van der Waals surface area contributed by atoms with Crippen LogP contribution in [0.3, 0.4) is 0 Å². The van der Waals surface area contributed by atoms with Gasteiger partial charge in [0.1, 0.15) is 5.82 Å². The minimum Gasteiger partial charge on any atom is -0.308 e. The van der Waals surface area contributed by atoms with Crippen molar-refractivity contribution in [1.82, 2.24) is 9.13 Å². The maximum atomic E-state index is 16.7. The number of aryl methyl sites for hydroxylation is 2. The van der Waals surface area contributed by atoms with Gasteiger partial charge in [-0.1, -0.05) is 108 Å². The summed E-state index contributed by atoms with van der Waals surface area (Å²) in [6, 6.07) is 59.3. The molecule has 5 heteroatoms. The summed E-state index contributed by atoms with van der Waals surface area (Å²) in [7, 11) is 0. The number of fused-ring (bicyclic) bond motifs is 6. The summed E-state index contributed by atoms with van der Waals surface area (Å²) in [5.41, 5.74) is 13.4. The van der Waals surface area contributed by atoms with Crippen LogP contribution in [0.2, 0.25) is 0 Å². The topological polar surface area (TPSA) is 57.4 Å². The first kappa shape index (κ1) is 33.8. The van der Waals surface area contributed by atoms with Gasteiger partial charge < -0.3 is 9.13 Å². The van der Waals surface area contributed by atoms with E-state index >= 15 is 4.39 Å². The van der Waals surface area contributed by atoms with Crippen LogP contribution in [0, 0.1) is 42.3 Å². The third kappa shape index (κ3) is 5.48. The van der Waals surface area contributed by atoms with Gasteiger partial charge in [-0.15, -0.1) is 0 Å². The van der Waals surface area contributed by atoms with Crippen LogP contribution < -0.4 is 0 Å². The van der Waals surface area contributed by atoms with E-state index in [9.17, 15) is 10.5 Å². The zero-order valence-corrected chi connectivity index (χ0v) is 31.3. The second-order valence-corrected chi connectivity index (χ2v) is 14.7. The van der Waals surface area contributed by atoms with Crippen LogP contribution in [-0.4, -0.2) is 9.13 Å². The molecule has 0 aliphatic rings. The van der Waals surface area contributed by atoms with Crippen LogP contribution in [0.15, 0.2) is 164 Å². The first-order chi connectivity index (χ1) is 27.9. The summed E-state index contributed by atoms with van der Waals surface area (Å²) in [4.78, 5) is 0. The van der Waals surface area contributed by atoms with E-state index in [4.69, 9.17) is 0 Å². The van der Waals surface area contributed by atoms with E-state index in [0.29, 0.717) is 28.1 Å². The highest BCUT2D eigenvalue weighted by Gasteiger charge is 2.25. The fourth-order valence-corrected chi connectivity index (χ4v) is 8.57. The number of hydrogen-bond acceptors (Lipinski definition) is 2. The normalized spacial score (nSPS) is 11.4. The molecule has 0 radical (unpaired) electrons. The molecule has 0 aliphatic carbocycles. The van der Waals surface area contributed by atoms with E-state index in [1.54, 1.807) is 12.1 Å². The average Bonchev–Trinajstić information content (AvgIpc) is 3.75. The molecular formula is C52H33FN4. The lowest BCUT2D eigenvalue weighted by Crippen LogP contribution is -2.06. The largest absolute Gasteiger partial charge is 0.308 e. The molecule has 2 heterocycles. The molecule has 0 fully saturated rings. The molecule has 0 bridgehead atoms. The summed E-state index contributed by atoms with van der Waals surface area (Å²) in [5, 5.41) is 24.6. The van der Waals surface area contributed by atoms with Gasteiger partial charge in [0, 0.05) is 32.7 Å². The molecule has 0 N–H and O–H groups in total. The molecule has 0 saturated heterocycles.